The zero-order valence-electron chi connectivity index (χ0n) is 14.8. The Kier molecular flexibility index (Phi) is 4.35. The maximum Gasteiger partial charge on any atom is 0.337 e. The highest BCUT2D eigenvalue weighted by molar-refractivity contribution is 5.94. The van der Waals surface area contributed by atoms with E-state index in [1.165, 1.54) is 23.8 Å². The number of halogens is 1. The van der Waals surface area contributed by atoms with E-state index in [4.69, 9.17) is 4.74 Å². The normalized spacial score (nSPS) is 13.9. The summed E-state index contributed by atoms with van der Waals surface area (Å²) in [5.41, 5.74) is 1.06. The predicted molar refractivity (Wildman–Crippen MR) is 100 cm³/mol. The van der Waals surface area contributed by atoms with Gasteiger partial charge in [0.15, 0.2) is 0 Å². The van der Waals surface area contributed by atoms with Crippen LogP contribution in [0.3, 0.4) is 0 Å². The highest BCUT2D eigenvalue weighted by Gasteiger charge is 2.21. The molecule has 1 aliphatic heterocycles. The van der Waals surface area contributed by atoms with Crippen LogP contribution in [0.2, 0.25) is 0 Å². The summed E-state index contributed by atoms with van der Waals surface area (Å²) in [5, 5.41) is 0.384. The van der Waals surface area contributed by atoms with Crippen molar-refractivity contribution < 1.29 is 13.9 Å². The van der Waals surface area contributed by atoms with Gasteiger partial charge in [-0.1, -0.05) is 0 Å². The number of benzene rings is 2. The topological polar surface area (TPSA) is 64.4 Å². The Morgan fingerprint density at radius 2 is 1.81 bits per heavy atom. The van der Waals surface area contributed by atoms with Crippen molar-refractivity contribution in [3.8, 4) is 5.69 Å². The first-order chi connectivity index (χ1) is 13.1. The Morgan fingerprint density at radius 1 is 1.11 bits per heavy atom. The Balaban J connectivity index is 1.98. The van der Waals surface area contributed by atoms with Gasteiger partial charge in [0.2, 0.25) is 5.95 Å². The molecule has 2 heterocycles. The van der Waals surface area contributed by atoms with Crippen LogP contribution in [0.1, 0.15) is 23.2 Å². The Bertz CT molecular complexity index is 1070. The molecule has 2 aromatic carbocycles. The molecule has 3 aromatic rings. The summed E-state index contributed by atoms with van der Waals surface area (Å²) in [6.45, 7) is 1.58. The highest BCUT2D eigenvalue weighted by Crippen LogP contribution is 2.23. The zero-order valence-corrected chi connectivity index (χ0v) is 14.8. The fourth-order valence-corrected chi connectivity index (χ4v) is 3.37. The first kappa shape index (κ1) is 17.2. The van der Waals surface area contributed by atoms with Gasteiger partial charge in [-0.15, -0.1) is 0 Å². The van der Waals surface area contributed by atoms with E-state index in [1.807, 2.05) is 4.90 Å². The molecular weight excluding hydrogens is 349 g/mol. The van der Waals surface area contributed by atoms with Crippen molar-refractivity contribution in [1.29, 1.82) is 0 Å². The van der Waals surface area contributed by atoms with Crippen LogP contribution < -0.4 is 10.5 Å². The van der Waals surface area contributed by atoms with Crippen molar-refractivity contribution in [2.75, 3.05) is 25.1 Å². The molecule has 1 aromatic heterocycles. The van der Waals surface area contributed by atoms with Gasteiger partial charge in [0.05, 0.1) is 29.3 Å². The van der Waals surface area contributed by atoms with Crippen LogP contribution in [0.5, 0.6) is 0 Å². The van der Waals surface area contributed by atoms with Crippen LogP contribution in [0.4, 0.5) is 10.3 Å². The van der Waals surface area contributed by atoms with Gasteiger partial charge >= 0.3 is 5.97 Å². The standard InChI is InChI=1S/C20H18FN3O3/c1-27-19(26)13-4-9-16-17(12-13)22-20(23-10-2-3-11-23)24(18(16)25)15-7-5-14(21)6-8-15/h4-9,12H,2-3,10-11H2,1H3. The van der Waals surface area contributed by atoms with E-state index < -0.39 is 5.97 Å². The molecule has 0 aliphatic carbocycles. The summed E-state index contributed by atoms with van der Waals surface area (Å²) < 4.78 is 19.6. The number of hydrogen-bond donors (Lipinski definition) is 0. The molecule has 0 unspecified atom stereocenters. The number of anilines is 1. The van der Waals surface area contributed by atoms with Gasteiger partial charge in [-0.25, -0.2) is 18.7 Å². The molecule has 1 aliphatic rings. The summed E-state index contributed by atoms with van der Waals surface area (Å²) in [4.78, 5) is 31.8. The molecule has 0 atom stereocenters. The average Bonchev–Trinajstić information content (AvgIpc) is 3.22. The number of ether oxygens (including phenoxy) is 1. The van der Waals surface area contributed by atoms with Gasteiger partial charge in [0.25, 0.3) is 5.56 Å². The number of fused-ring (bicyclic) bond motifs is 1. The van der Waals surface area contributed by atoms with Gasteiger partial charge in [0.1, 0.15) is 5.82 Å². The zero-order chi connectivity index (χ0) is 19.0. The number of methoxy groups -OCH3 is 1. The van der Waals surface area contributed by atoms with Crippen molar-refractivity contribution in [3.05, 3.63) is 64.2 Å². The van der Waals surface area contributed by atoms with E-state index in [1.54, 1.807) is 30.3 Å². The van der Waals surface area contributed by atoms with E-state index in [0.717, 1.165) is 25.9 Å². The first-order valence-electron chi connectivity index (χ1n) is 8.74. The molecule has 0 amide bonds. The largest absolute Gasteiger partial charge is 0.465 e. The molecule has 0 bridgehead atoms. The fourth-order valence-electron chi connectivity index (χ4n) is 3.37. The van der Waals surface area contributed by atoms with Gasteiger partial charge in [0, 0.05) is 13.1 Å². The Labute approximate surface area is 154 Å². The monoisotopic (exact) mass is 367 g/mol. The molecule has 7 heteroatoms. The van der Waals surface area contributed by atoms with Gasteiger partial charge < -0.3 is 9.64 Å². The minimum absolute atomic E-state index is 0.259. The number of hydrogen-bond acceptors (Lipinski definition) is 5. The molecule has 1 saturated heterocycles. The van der Waals surface area contributed by atoms with Gasteiger partial charge in [-0.05, 0) is 55.3 Å². The minimum Gasteiger partial charge on any atom is -0.465 e. The lowest BCUT2D eigenvalue weighted by Crippen LogP contribution is -2.30. The van der Waals surface area contributed by atoms with Crippen LogP contribution in [0.25, 0.3) is 16.6 Å². The number of nitrogens with zero attached hydrogens (tertiary/aromatic N) is 3. The lowest BCUT2D eigenvalue weighted by Gasteiger charge is -2.22. The summed E-state index contributed by atoms with van der Waals surface area (Å²) >= 11 is 0. The number of carbonyl (C=O) groups excluding carboxylic acids is 1. The number of aromatic nitrogens is 2. The molecule has 4 rings (SSSR count). The van der Waals surface area contributed by atoms with Gasteiger partial charge in [-0.2, -0.15) is 0 Å². The molecule has 0 spiro atoms. The van der Waals surface area contributed by atoms with E-state index in [9.17, 15) is 14.0 Å². The van der Waals surface area contributed by atoms with Crippen LogP contribution in [-0.4, -0.2) is 35.7 Å². The number of esters is 1. The van der Waals surface area contributed by atoms with Crippen molar-refractivity contribution in [2.24, 2.45) is 0 Å². The maximum atomic E-state index is 13.4. The minimum atomic E-state index is -0.482. The predicted octanol–water partition coefficient (Wildman–Crippen LogP) is 2.91. The van der Waals surface area contributed by atoms with Crippen molar-refractivity contribution in [1.82, 2.24) is 9.55 Å². The fraction of sp³-hybridized carbons (Fsp3) is 0.250. The SMILES string of the molecule is COC(=O)c1ccc2c(=O)n(-c3ccc(F)cc3)c(N3CCCC3)nc2c1. The summed E-state index contributed by atoms with van der Waals surface area (Å²) in [5.74, 6) is -0.353. The third kappa shape index (κ3) is 3.05. The van der Waals surface area contributed by atoms with E-state index >= 15 is 0 Å². The summed E-state index contributed by atoms with van der Waals surface area (Å²) in [6.07, 6.45) is 2.03. The molecule has 6 nitrogen and oxygen atoms in total. The van der Waals surface area contributed by atoms with Crippen molar-refractivity contribution in [3.63, 3.8) is 0 Å². The van der Waals surface area contributed by atoms with E-state index in [0.29, 0.717) is 28.1 Å². The third-order valence-corrected chi connectivity index (χ3v) is 4.75. The van der Waals surface area contributed by atoms with Crippen molar-refractivity contribution in [2.45, 2.75) is 12.8 Å². The van der Waals surface area contributed by atoms with Crippen molar-refractivity contribution >= 4 is 22.8 Å². The first-order valence-corrected chi connectivity index (χ1v) is 8.74. The van der Waals surface area contributed by atoms with Crippen LogP contribution >= 0.6 is 0 Å². The number of rotatable bonds is 3. The molecule has 0 N–H and O–H groups in total. The van der Waals surface area contributed by atoms with Crippen LogP contribution in [-0.2, 0) is 4.74 Å². The third-order valence-electron chi connectivity index (χ3n) is 4.75. The molecule has 27 heavy (non-hydrogen) atoms. The second kappa shape index (κ2) is 6.83. The van der Waals surface area contributed by atoms with E-state index in [2.05, 4.69) is 4.98 Å². The molecule has 138 valence electrons. The smallest absolute Gasteiger partial charge is 0.337 e. The lowest BCUT2D eigenvalue weighted by molar-refractivity contribution is 0.0601. The van der Waals surface area contributed by atoms with Gasteiger partial charge in [-0.3, -0.25) is 4.79 Å². The molecule has 0 radical (unpaired) electrons. The Hall–Kier alpha value is -3.22. The second-order valence-corrected chi connectivity index (χ2v) is 6.45. The van der Waals surface area contributed by atoms with Crippen LogP contribution in [0.15, 0.2) is 47.3 Å². The molecular formula is C20H18FN3O3. The second-order valence-electron chi connectivity index (χ2n) is 6.45. The maximum absolute atomic E-state index is 13.4. The molecule has 0 saturated carbocycles. The summed E-state index contributed by atoms with van der Waals surface area (Å²) in [7, 11) is 1.31. The Morgan fingerprint density at radius 3 is 2.48 bits per heavy atom. The number of carbonyl (C=O) groups is 1. The highest BCUT2D eigenvalue weighted by atomic mass is 19.1. The van der Waals surface area contributed by atoms with Crippen LogP contribution in [0, 0.1) is 5.82 Å². The van der Waals surface area contributed by atoms with E-state index in [-0.39, 0.29) is 11.4 Å². The quantitative estimate of drug-likeness (QED) is 0.666. The average molecular weight is 367 g/mol. The molecule has 1 fully saturated rings. The lowest BCUT2D eigenvalue weighted by atomic mass is 10.1. The summed E-state index contributed by atoms with van der Waals surface area (Å²) in [6, 6.07) is 10.4.